The molecule has 0 saturated heterocycles. The number of hydrogen-bond acceptors (Lipinski definition) is 1. The second kappa shape index (κ2) is 4.61. The van der Waals surface area contributed by atoms with Crippen molar-refractivity contribution in [2.75, 3.05) is 7.11 Å². The van der Waals surface area contributed by atoms with Crippen LogP contribution in [0.1, 0.15) is 32.6 Å². The minimum Gasteiger partial charge on any atom is -0.381 e. The summed E-state index contributed by atoms with van der Waals surface area (Å²) < 4.78 is 7.58. The van der Waals surface area contributed by atoms with Crippen LogP contribution in [-0.2, 0) is 4.74 Å². The number of halogens is 1. The summed E-state index contributed by atoms with van der Waals surface area (Å²) in [4.78, 5) is 0. The number of methoxy groups -OCH3 is 1. The average Bonchev–Trinajstić information content (AvgIpc) is 2.02. The highest BCUT2D eigenvalue weighted by molar-refractivity contribution is 14.1. The van der Waals surface area contributed by atoms with Crippen LogP contribution in [0.3, 0.4) is 0 Å². The Morgan fingerprint density at radius 1 is 1.58 bits per heavy atom. The molecule has 1 saturated carbocycles. The first-order valence-electron chi connectivity index (χ1n) is 4.51. The normalized spacial score (nSPS) is 23.9. The van der Waals surface area contributed by atoms with E-state index in [4.69, 9.17) is 4.74 Å². The van der Waals surface area contributed by atoms with Crippen LogP contribution in [0, 0.1) is 5.41 Å². The molecule has 12 heavy (non-hydrogen) atoms. The fraction of sp³-hybridized carbons (Fsp3) is 0.800. The molecule has 0 spiro atoms. The van der Waals surface area contributed by atoms with Crippen LogP contribution in [0.4, 0.5) is 0 Å². The summed E-state index contributed by atoms with van der Waals surface area (Å²) in [7, 11) is 1.83. The van der Waals surface area contributed by atoms with E-state index in [2.05, 4.69) is 39.7 Å². The first-order valence-corrected chi connectivity index (χ1v) is 5.75. The van der Waals surface area contributed by atoms with E-state index in [-0.39, 0.29) is 0 Å². The molecule has 0 aromatic carbocycles. The molecule has 1 rings (SSSR count). The third kappa shape index (κ3) is 2.22. The third-order valence-electron chi connectivity index (χ3n) is 3.00. The first-order chi connectivity index (χ1) is 5.73. The van der Waals surface area contributed by atoms with Gasteiger partial charge in [0.05, 0.1) is 6.10 Å². The van der Waals surface area contributed by atoms with Gasteiger partial charge in [-0.05, 0) is 28.8 Å². The Hall–Kier alpha value is 0.430. The summed E-state index contributed by atoms with van der Waals surface area (Å²) >= 11 is 2.26. The number of rotatable bonds is 4. The van der Waals surface area contributed by atoms with E-state index in [0.29, 0.717) is 11.5 Å². The molecular formula is C10H17IO. The highest BCUT2D eigenvalue weighted by Gasteiger charge is 2.39. The van der Waals surface area contributed by atoms with Gasteiger partial charge >= 0.3 is 0 Å². The minimum atomic E-state index is 0.428. The molecule has 1 nitrogen and oxygen atoms in total. The zero-order chi connectivity index (χ0) is 9.03. The third-order valence-corrected chi connectivity index (χ3v) is 3.51. The van der Waals surface area contributed by atoms with Gasteiger partial charge in [-0.2, -0.15) is 0 Å². The van der Waals surface area contributed by atoms with Crippen molar-refractivity contribution in [1.29, 1.82) is 0 Å². The molecule has 0 aliphatic heterocycles. The van der Waals surface area contributed by atoms with Crippen molar-refractivity contribution in [3.05, 3.63) is 10.2 Å². The van der Waals surface area contributed by atoms with Crippen molar-refractivity contribution in [1.82, 2.24) is 0 Å². The van der Waals surface area contributed by atoms with E-state index in [1.165, 1.54) is 19.3 Å². The SMILES string of the molecule is COC(C/C=C/I)C1(C)CCC1. The number of ether oxygens (including phenoxy) is 1. The zero-order valence-electron chi connectivity index (χ0n) is 7.85. The maximum absolute atomic E-state index is 5.50. The molecular weight excluding hydrogens is 263 g/mol. The lowest BCUT2D eigenvalue weighted by molar-refractivity contribution is -0.0463. The summed E-state index contributed by atoms with van der Waals surface area (Å²) in [5, 5.41) is 0. The minimum absolute atomic E-state index is 0.428. The zero-order valence-corrected chi connectivity index (χ0v) is 10.0. The molecule has 1 unspecified atom stereocenters. The maximum atomic E-state index is 5.50. The van der Waals surface area contributed by atoms with Crippen molar-refractivity contribution in [3.63, 3.8) is 0 Å². The second-order valence-corrected chi connectivity index (χ2v) is 4.55. The molecule has 0 N–H and O–H groups in total. The fourth-order valence-corrected chi connectivity index (χ4v) is 2.19. The fourth-order valence-electron chi connectivity index (χ4n) is 1.90. The molecule has 1 aliphatic carbocycles. The quantitative estimate of drug-likeness (QED) is 0.716. The van der Waals surface area contributed by atoms with Crippen LogP contribution in [-0.4, -0.2) is 13.2 Å². The molecule has 0 radical (unpaired) electrons. The summed E-state index contributed by atoms with van der Waals surface area (Å²) in [5.74, 6) is 0. The Kier molecular flexibility index (Phi) is 4.03. The first kappa shape index (κ1) is 10.5. The van der Waals surface area contributed by atoms with Gasteiger partial charge in [-0.3, -0.25) is 0 Å². The van der Waals surface area contributed by atoms with Crippen LogP contribution in [0.25, 0.3) is 0 Å². The molecule has 0 heterocycles. The second-order valence-electron chi connectivity index (χ2n) is 3.83. The van der Waals surface area contributed by atoms with Gasteiger partial charge in [-0.25, -0.2) is 0 Å². The van der Waals surface area contributed by atoms with Gasteiger partial charge in [0.1, 0.15) is 0 Å². The molecule has 0 aromatic heterocycles. The summed E-state index contributed by atoms with van der Waals surface area (Å²) in [6.07, 6.45) is 7.73. The van der Waals surface area contributed by atoms with Gasteiger partial charge in [0, 0.05) is 7.11 Å². The smallest absolute Gasteiger partial charge is 0.0659 e. The molecule has 0 aromatic rings. The Bertz CT molecular complexity index is 161. The summed E-state index contributed by atoms with van der Waals surface area (Å²) in [6.45, 7) is 2.34. The van der Waals surface area contributed by atoms with Crippen LogP contribution in [0.5, 0.6) is 0 Å². The molecule has 1 aliphatic rings. The van der Waals surface area contributed by atoms with E-state index in [1.54, 1.807) is 0 Å². The van der Waals surface area contributed by atoms with E-state index >= 15 is 0 Å². The lowest BCUT2D eigenvalue weighted by Crippen LogP contribution is -2.39. The molecule has 2 heteroatoms. The standard InChI is InChI=1S/C10H17IO/c1-10(6-4-7-10)9(12-2)5-3-8-11/h3,8-9H,4-7H2,1-2H3/b8-3+. The van der Waals surface area contributed by atoms with Gasteiger partial charge in [0.25, 0.3) is 0 Å². The molecule has 70 valence electrons. The van der Waals surface area contributed by atoms with Gasteiger partial charge in [-0.15, -0.1) is 0 Å². The van der Waals surface area contributed by atoms with E-state index in [0.717, 1.165) is 6.42 Å². The predicted octanol–water partition coefficient (Wildman–Crippen LogP) is 3.53. The van der Waals surface area contributed by atoms with Crippen molar-refractivity contribution < 1.29 is 4.74 Å². The summed E-state index contributed by atoms with van der Waals surface area (Å²) in [6, 6.07) is 0. The van der Waals surface area contributed by atoms with Crippen LogP contribution >= 0.6 is 22.6 Å². The Morgan fingerprint density at radius 3 is 2.58 bits per heavy atom. The van der Waals surface area contributed by atoms with Gasteiger partial charge in [-0.1, -0.05) is 42.0 Å². The Balaban J connectivity index is 2.43. The monoisotopic (exact) mass is 280 g/mol. The largest absolute Gasteiger partial charge is 0.381 e. The van der Waals surface area contributed by atoms with Crippen molar-refractivity contribution >= 4 is 22.6 Å². The topological polar surface area (TPSA) is 9.23 Å². The van der Waals surface area contributed by atoms with Crippen LogP contribution in [0.2, 0.25) is 0 Å². The van der Waals surface area contributed by atoms with Gasteiger partial charge in [0.2, 0.25) is 0 Å². The molecule has 0 amide bonds. The Morgan fingerprint density at radius 2 is 2.25 bits per heavy atom. The maximum Gasteiger partial charge on any atom is 0.0659 e. The van der Waals surface area contributed by atoms with Crippen molar-refractivity contribution in [2.45, 2.75) is 38.7 Å². The number of hydrogen-bond donors (Lipinski definition) is 0. The lowest BCUT2D eigenvalue weighted by Gasteiger charge is -2.44. The summed E-state index contributed by atoms with van der Waals surface area (Å²) in [5.41, 5.74) is 0.463. The molecule has 1 atom stereocenters. The van der Waals surface area contributed by atoms with E-state index < -0.39 is 0 Å². The molecule has 0 bridgehead atoms. The van der Waals surface area contributed by atoms with Crippen molar-refractivity contribution in [2.24, 2.45) is 5.41 Å². The van der Waals surface area contributed by atoms with Crippen molar-refractivity contribution in [3.8, 4) is 0 Å². The highest BCUT2D eigenvalue weighted by atomic mass is 127. The average molecular weight is 280 g/mol. The molecule has 1 fully saturated rings. The predicted molar refractivity (Wildman–Crippen MR) is 60.5 cm³/mol. The van der Waals surface area contributed by atoms with Crippen LogP contribution in [0.15, 0.2) is 10.2 Å². The van der Waals surface area contributed by atoms with Gasteiger partial charge in [0.15, 0.2) is 0 Å². The lowest BCUT2D eigenvalue weighted by atomic mass is 9.66. The van der Waals surface area contributed by atoms with Gasteiger partial charge < -0.3 is 4.74 Å². The van der Waals surface area contributed by atoms with E-state index in [9.17, 15) is 0 Å². The van der Waals surface area contributed by atoms with E-state index in [1.807, 2.05) is 7.11 Å². The highest BCUT2D eigenvalue weighted by Crippen LogP contribution is 2.45. The van der Waals surface area contributed by atoms with Crippen LogP contribution < -0.4 is 0 Å². The Labute approximate surface area is 88.7 Å².